The molecule has 0 saturated carbocycles. The zero-order valence-corrected chi connectivity index (χ0v) is 15.4. The zero-order chi connectivity index (χ0) is 23.3. The second-order valence-electron chi connectivity index (χ2n) is 5.85. The van der Waals surface area contributed by atoms with Gasteiger partial charge in [0.15, 0.2) is 23.0 Å². The van der Waals surface area contributed by atoms with Gasteiger partial charge in [0.2, 0.25) is 0 Å². The highest BCUT2D eigenvalue weighted by Gasteiger charge is 2.25. The topological polar surface area (TPSA) is 220 Å². The maximum atomic E-state index is 11.0. The minimum atomic E-state index is -1.61. The van der Waals surface area contributed by atoms with Gasteiger partial charge in [0, 0.05) is 18.6 Å². The van der Waals surface area contributed by atoms with Crippen molar-refractivity contribution in [1.82, 2.24) is 0 Å². The molecule has 0 spiro atoms. The maximum Gasteiger partial charge on any atom is 0.342 e. The standard InChI is InChI=1S/C17H14N2O12/c20-12-4-8(16(22)23)10(18(26)27)6-14(12)30-2-1-3-31-15-7-11(19(28)29)9(17(24)25)5-13(15)21/h4-7,20-21H,1-3H2,(H,22,23)(H,24,25). The Labute approximate surface area is 171 Å². The Balaban J connectivity index is 2.03. The quantitative estimate of drug-likeness (QED) is 0.238. The van der Waals surface area contributed by atoms with E-state index < -0.39 is 55.8 Å². The van der Waals surface area contributed by atoms with Crippen molar-refractivity contribution < 1.29 is 49.3 Å². The number of carboxylic acids is 2. The number of aromatic hydroxyl groups is 2. The summed E-state index contributed by atoms with van der Waals surface area (Å²) < 4.78 is 10.3. The van der Waals surface area contributed by atoms with Crippen LogP contribution in [0.25, 0.3) is 0 Å². The molecule has 0 bridgehead atoms. The SMILES string of the molecule is O=C(O)c1cc(O)c(OCCCOc2cc([N+](=O)[O-])c(C(=O)O)cc2O)cc1[N+](=O)[O-]. The average molecular weight is 438 g/mol. The fourth-order valence-corrected chi connectivity index (χ4v) is 2.41. The number of phenols is 2. The smallest absolute Gasteiger partial charge is 0.342 e. The second kappa shape index (κ2) is 9.25. The summed E-state index contributed by atoms with van der Waals surface area (Å²) in [5.41, 5.74) is -3.01. The molecular formula is C17H14N2O12. The van der Waals surface area contributed by atoms with Crippen LogP contribution in [0.4, 0.5) is 11.4 Å². The number of nitrogens with zero attached hydrogens (tertiary/aromatic N) is 2. The van der Waals surface area contributed by atoms with Crippen LogP contribution in [-0.2, 0) is 0 Å². The Kier molecular flexibility index (Phi) is 6.76. The van der Waals surface area contributed by atoms with Gasteiger partial charge in [-0.1, -0.05) is 0 Å². The molecule has 0 aliphatic rings. The van der Waals surface area contributed by atoms with E-state index in [0.717, 1.165) is 12.1 Å². The number of phenolic OH excluding ortho intramolecular Hbond substituents is 2. The van der Waals surface area contributed by atoms with Crippen molar-refractivity contribution in [3.8, 4) is 23.0 Å². The lowest BCUT2D eigenvalue weighted by Gasteiger charge is -2.11. The van der Waals surface area contributed by atoms with Gasteiger partial charge < -0.3 is 29.9 Å². The molecule has 0 saturated heterocycles. The molecule has 0 aromatic heterocycles. The van der Waals surface area contributed by atoms with Gasteiger partial charge in [0.1, 0.15) is 11.1 Å². The first-order valence-corrected chi connectivity index (χ1v) is 8.28. The number of benzene rings is 2. The minimum absolute atomic E-state index is 0.0713. The third kappa shape index (κ3) is 5.26. The molecule has 0 radical (unpaired) electrons. The Bertz CT molecular complexity index is 982. The van der Waals surface area contributed by atoms with Gasteiger partial charge >= 0.3 is 11.9 Å². The Morgan fingerprint density at radius 1 is 0.774 bits per heavy atom. The van der Waals surface area contributed by atoms with Crippen LogP contribution in [0.3, 0.4) is 0 Å². The highest BCUT2D eigenvalue weighted by atomic mass is 16.6. The summed E-state index contributed by atoms with van der Waals surface area (Å²) in [5.74, 6) is -5.18. The van der Waals surface area contributed by atoms with Crippen LogP contribution in [0.15, 0.2) is 24.3 Å². The van der Waals surface area contributed by atoms with Crippen molar-refractivity contribution in [2.24, 2.45) is 0 Å². The van der Waals surface area contributed by atoms with Crippen LogP contribution in [0.2, 0.25) is 0 Å². The molecule has 2 aromatic carbocycles. The Hall–Kier alpha value is -4.62. The molecule has 2 aromatic rings. The second-order valence-corrected chi connectivity index (χ2v) is 5.85. The van der Waals surface area contributed by atoms with Crippen LogP contribution < -0.4 is 9.47 Å². The van der Waals surface area contributed by atoms with Crippen molar-refractivity contribution in [3.63, 3.8) is 0 Å². The van der Waals surface area contributed by atoms with Crippen LogP contribution in [-0.4, -0.2) is 55.4 Å². The summed E-state index contributed by atoms with van der Waals surface area (Å²) in [6.07, 6.45) is 0.0713. The van der Waals surface area contributed by atoms with E-state index in [-0.39, 0.29) is 31.1 Å². The van der Waals surface area contributed by atoms with Gasteiger partial charge in [-0.2, -0.15) is 0 Å². The zero-order valence-electron chi connectivity index (χ0n) is 15.4. The third-order valence-corrected chi connectivity index (χ3v) is 3.81. The predicted octanol–water partition coefficient (Wildman–Crippen LogP) is 2.16. The first kappa shape index (κ1) is 22.7. The number of carboxylic acid groups (broad SMARTS) is 2. The molecule has 0 amide bonds. The fraction of sp³-hybridized carbons (Fsp3) is 0.176. The predicted molar refractivity (Wildman–Crippen MR) is 99.0 cm³/mol. The van der Waals surface area contributed by atoms with E-state index in [4.69, 9.17) is 19.7 Å². The maximum absolute atomic E-state index is 11.0. The highest BCUT2D eigenvalue weighted by molar-refractivity contribution is 5.94. The first-order chi connectivity index (χ1) is 14.5. The van der Waals surface area contributed by atoms with E-state index in [1.165, 1.54) is 0 Å². The molecule has 4 N–H and O–H groups in total. The summed E-state index contributed by atoms with van der Waals surface area (Å²) in [6.45, 7) is -0.347. The number of hydrogen-bond donors (Lipinski definition) is 4. The summed E-state index contributed by atoms with van der Waals surface area (Å²) in [4.78, 5) is 42.1. The molecule has 0 unspecified atom stereocenters. The third-order valence-electron chi connectivity index (χ3n) is 3.81. The van der Waals surface area contributed by atoms with Crippen molar-refractivity contribution in [2.75, 3.05) is 13.2 Å². The van der Waals surface area contributed by atoms with Crippen LogP contribution in [0.5, 0.6) is 23.0 Å². The van der Waals surface area contributed by atoms with E-state index in [1.54, 1.807) is 0 Å². The first-order valence-electron chi connectivity index (χ1n) is 8.28. The van der Waals surface area contributed by atoms with Gasteiger partial charge in [-0.25, -0.2) is 9.59 Å². The van der Waals surface area contributed by atoms with Crippen LogP contribution in [0, 0.1) is 20.2 Å². The number of nitro benzene ring substituents is 2. The lowest BCUT2D eigenvalue weighted by Crippen LogP contribution is -2.08. The van der Waals surface area contributed by atoms with E-state index in [2.05, 4.69) is 0 Å². The highest BCUT2D eigenvalue weighted by Crippen LogP contribution is 2.35. The van der Waals surface area contributed by atoms with E-state index in [9.17, 15) is 40.0 Å². The average Bonchev–Trinajstić information content (AvgIpc) is 2.68. The van der Waals surface area contributed by atoms with Crippen LogP contribution >= 0.6 is 0 Å². The molecule has 0 aliphatic heterocycles. The molecule has 31 heavy (non-hydrogen) atoms. The number of rotatable bonds is 10. The number of aromatic carboxylic acids is 2. The van der Waals surface area contributed by atoms with Gasteiger partial charge in [-0.05, 0) is 0 Å². The summed E-state index contributed by atoms with van der Waals surface area (Å²) in [5, 5.41) is 59.4. The van der Waals surface area contributed by atoms with Crippen LogP contribution in [0.1, 0.15) is 27.1 Å². The molecule has 0 heterocycles. The minimum Gasteiger partial charge on any atom is -0.504 e. The molecule has 14 heteroatoms. The fourth-order valence-electron chi connectivity index (χ4n) is 2.41. The molecule has 2 rings (SSSR count). The van der Waals surface area contributed by atoms with E-state index >= 15 is 0 Å². The van der Waals surface area contributed by atoms with Gasteiger partial charge in [0.05, 0.1) is 35.2 Å². The Morgan fingerprint density at radius 3 is 1.42 bits per heavy atom. The lowest BCUT2D eigenvalue weighted by molar-refractivity contribution is -0.385. The van der Waals surface area contributed by atoms with E-state index in [1.807, 2.05) is 0 Å². The summed E-state index contributed by atoms with van der Waals surface area (Å²) in [6, 6.07) is 2.85. The summed E-state index contributed by atoms with van der Waals surface area (Å²) in [7, 11) is 0. The van der Waals surface area contributed by atoms with Crippen molar-refractivity contribution in [1.29, 1.82) is 0 Å². The number of carbonyl (C=O) groups is 2. The Morgan fingerprint density at radius 2 is 1.13 bits per heavy atom. The monoisotopic (exact) mass is 438 g/mol. The van der Waals surface area contributed by atoms with Crippen molar-refractivity contribution >= 4 is 23.3 Å². The normalized spacial score (nSPS) is 10.3. The molecule has 164 valence electrons. The van der Waals surface area contributed by atoms with Gasteiger partial charge in [0.25, 0.3) is 11.4 Å². The largest absolute Gasteiger partial charge is 0.504 e. The lowest BCUT2D eigenvalue weighted by atomic mass is 10.1. The molecule has 14 nitrogen and oxygen atoms in total. The van der Waals surface area contributed by atoms with Gasteiger partial charge in [-0.3, -0.25) is 20.2 Å². The molecular weight excluding hydrogens is 424 g/mol. The van der Waals surface area contributed by atoms with Gasteiger partial charge in [-0.15, -0.1) is 0 Å². The number of ether oxygens (including phenoxy) is 2. The van der Waals surface area contributed by atoms with E-state index in [0.29, 0.717) is 12.1 Å². The summed E-state index contributed by atoms with van der Waals surface area (Å²) >= 11 is 0. The number of nitro groups is 2. The molecule has 0 atom stereocenters. The molecule has 0 fully saturated rings. The molecule has 0 aliphatic carbocycles. The van der Waals surface area contributed by atoms with Crippen molar-refractivity contribution in [2.45, 2.75) is 6.42 Å². The number of hydrogen-bond acceptors (Lipinski definition) is 10. The van der Waals surface area contributed by atoms with Crippen molar-refractivity contribution in [3.05, 3.63) is 55.6 Å².